The summed E-state index contributed by atoms with van der Waals surface area (Å²) in [6, 6.07) is 7.89. The average Bonchev–Trinajstić information content (AvgIpc) is 4.20. The first kappa shape index (κ1) is 47.5. The zero-order valence-electron chi connectivity index (χ0n) is 38.9. The van der Waals surface area contributed by atoms with E-state index in [0.717, 1.165) is 44.1 Å². The molecule has 7 aliphatic heterocycles. The van der Waals surface area contributed by atoms with Gasteiger partial charge in [0.25, 0.3) is 0 Å². The number of nitrogens with zero attached hydrogens (tertiary/aromatic N) is 6. The highest BCUT2D eigenvalue weighted by atomic mass is 35.5. The summed E-state index contributed by atoms with van der Waals surface area (Å²) >= 11 is 16.0. The number of halogens is 2. The summed E-state index contributed by atoms with van der Waals surface area (Å²) < 4.78 is 21.2. The topological polar surface area (TPSA) is 174 Å². The fourth-order valence-electron chi connectivity index (χ4n) is 8.72. The molecule has 2 aromatic rings. The molecular weight excluding hydrogens is 936 g/mol. The van der Waals surface area contributed by atoms with E-state index >= 15 is 0 Å². The van der Waals surface area contributed by atoms with E-state index in [1.807, 2.05) is 129 Å². The van der Waals surface area contributed by atoms with E-state index in [1.165, 1.54) is 27.7 Å². The number of ether oxygens (including phenoxy) is 4. The highest BCUT2D eigenvalue weighted by Crippen LogP contribution is 2.54. The summed E-state index contributed by atoms with van der Waals surface area (Å²) in [5.41, 5.74) is 8.78. The predicted molar refractivity (Wildman–Crippen MR) is 266 cm³/mol. The average molecular weight is 986 g/mol. The zero-order chi connectivity index (χ0) is 49.2. The molecular formula is C52H50Cl2N8O8. The first-order valence-corrected chi connectivity index (χ1v) is 23.3. The molecule has 16 nitrogen and oxygen atoms in total. The number of esters is 4. The lowest BCUT2D eigenvalue weighted by Gasteiger charge is -2.39. The van der Waals surface area contributed by atoms with Gasteiger partial charge in [0.15, 0.2) is 36.8 Å². The van der Waals surface area contributed by atoms with Crippen molar-refractivity contribution in [1.82, 2.24) is 29.6 Å². The number of aromatic nitrogens is 2. The molecule has 0 saturated heterocycles. The smallest absolute Gasteiger partial charge is 0.304 e. The lowest BCUT2D eigenvalue weighted by atomic mass is 9.85. The van der Waals surface area contributed by atoms with Crippen LogP contribution < -0.4 is 10.7 Å². The number of carbonyl (C=O) groups is 4. The van der Waals surface area contributed by atoms with Crippen LogP contribution in [0.2, 0.25) is 0 Å². The molecule has 0 aromatic carbocycles. The number of rotatable bonds is 12. The molecule has 0 saturated carbocycles. The molecule has 70 heavy (non-hydrogen) atoms. The predicted octanol–water partition coefficient (Wildman–Crippen LogP) is 5.57. The van der Waals surface area contributed by atoms with E-state index in [4.69, 9.17) is 52.1 Å². The fourth-order valence-corrected chi connectivity index (χ4v) is 9.44. The standard InChI is InChI=1S/C52H50Cl2N8O8/c1-33(63)67-29-59-21-12-37(13-22-59)48-41-5-6-43(55-41)49(38-14-23-60(24-15-38)30-68-34(2)64)45-9-10-47(57-45)52(54,40-18-27-62(28-19-40)32-70-36(4)66)51(53)20-11-46(58-51)50(44-8-7-42(48)56-44)39-16-25-61(26-17-39)31-69-35(3)65/h5-21,23,25,27,56-57H,22,24,26,28-32H2,1-4H3. The van der Waals surface area contributed by atoms with Crippen LogP contribution in [0.1, 0.15) is 39.1 Å². The van der Waals surface area contributed by atoms with E-state index in [9.17, 15) is 19.2 Å². The van der Waals surface area contributed by atoms with Gasteiger partial charge in [0, 0.05) is 117 Å². The summed E-state index contributed by atoms with van der Waals surface area (Å²) in [7, 11) is 0. The molecule has 18 heteroatoms. The molecule has 9 heterocycles. The van der Waals surface area contributed by atoms with Gasteiger partial charge in [0.2, 0.25) is 0 Å². The Morgan fingerprint density at radius 1 is 0.557 bits per heavy atom. The maximum atomic E-state index is 11.7. The first-order chi connectivity index (χ1) is 33.7. The third-order valence-electron chi connectivity index (χ3n) is 12.2. The fraction of sp³-hybridized carbons (Fsp3) is 0.269. The van der Waals surface area contributed by atoms with Crippen LogP contribution in [-0.2, 0) is 43.0 Å². The van der Waals surface area contributed by atoms with E-state index in [1.54, 1.807) is 0 Å². The number of carbonyl (C=O) groups excluding carboxylic acids is 4. The van der Waals surface area contributed by atoms with Gasteiger partial charge in [-0.05, 0) is 95.2 Å². The number of alkyl halides is 2. The van der Waals surface area contributed by atoms with Crippen molar-refractivity contribution in [2.24, 2.45) is 9.98 Å². The Morgan fingerprint density at radius 3 is 1.49 bits per heavy atom. The lowest BCUT2D eigenvalue weighted by Crippen LogP contribution is -2.43. The van der Waals surface area contributed by atoms with Crippen LogP contribution in [-0.4, -0.2) is 123 Å². The number of hydrogen-bond acceptors (Lipinski definition) is 14. The summed E-state index contributed by atoms with van der Waals surface area (Å²) in [5.74, 6) is -1.52. The van der Waals surface area contributed by atoms with E-state index in [-0.39, 0.29) is 44.8 Å². The molecule has 0 spiro atoms. The second-order valence-electron chi connectivity index (χ2n) is 17.1. The van der Waals surface area contributed by atoms with Crippen molar-refractivity contribution in [3.63, 3.8) is 0 Å². The van der Waals surface area contributed by atoms with Crippen LogP contribution in [0.3, 0.4) is 0 Å². The van der Waals surface area contributed by atoms with Gasteiger partial charge >= 0.3 is 23.9 Å². The van der Waals surface area contributed by atoms with Crippen LogP contribution >= 0.6 is 23.2 Å². The number of H-pyrrole nitrogens is 2. The summed E-state index contributed by atoms with van der Waals surface area (Å²) in [4.78, 5) is 69.2. The van der Waals surface area contributed by atoms with Gasteiger partial charge in [-0.15, -0.1) is 11.6 Å². The van der Waals surface area contributed by atoms with Gasteiger partial charge in [0.1, 0.15) is 0 Å². The molecule has 2 aromatic heterocycles. The van der Waals surface area contributed by atoms with Crippen molar-refractivity contribution in [1.29, 1.82) is 0 Å². The van der Waals surface area contributed by atoms with Crippen molar-refractivity contribution in [2.75, 3.05) is 53.1 Å². The molecule has 8 bridgehead atoms. The Kier molecular flexibility index (Phi) is 13.4. The quantitative estimate of drug-likeness (QED) is 0.118. The minimum absolute atomic E-state index is 0.0539. The third-order valence-corrected chi connectivity index (χ3v) is 13.5. The minimum Gasteiger partial charge on any atom is -0.444 e. The molecule has 0 amide bonds. The highest BCUT2D eigenvalue weighted by molar-refractivity contribution is 6.41. The summed E-state index contributed by atoms with van der Waals surface area (Å²) in [6.45, 7) is 7.59. The van der Waals surface area contributed by atoms with Crippen molar-refractivity contribution < 1.29 is 38.1 Å². The number of hydrogen-bond donors (Lipinski definition) is 2. The van der Waals surface area contributed by atoms with Gasteiger partial charge in [-0.2, -0.15) is 0 Å². The van der Waals surface area contributed by atoms with Gasteiger partial charge < -0.3 is 48.5 Å². The molecule has 2 N–H and O–H groups in total. The molecule has 0 aliphatic carbocycles. The SMILES string of the molecule is CC(=O)OCN1C=CC(C2=C3C=CC(=N3)C(C3=CCN(COC(C)=O)C=C3)=c3ccc([nH]3)=C(C3=CCN(COC(C)=O)C=C3)C3=NC(Cl)(C=C3)C(Cl)(C3=CCN(COC(C)=O)C=C3)c3ccc2[nH]3)=CC1. The Morgan fingerprint density at radius 2 is 1.03 bits per heavy atom. The summed E-state index contributed by atoms with van der Waals surface area (Å²) in [5, 5.41) is 1.51. The normalized spacial score (nSPS) is 22.4. The molecule has 9 rings (SSSR count). The molecule has 0 fully saturated rings. The van der Waals surface area contributed by atoms with Gasteiger partial charge in [-0.1, -0.05) is 35.9 Å². The lowest BCUT2D eigenvalue weighted by molar-refractivity contribution is -0.145. The second kappa shape index (κ2) is 19.8. The number of nitrogens with one attached hydrogen (secondary N) is 2. The Labute approximate surface area is 413 Å². The monoisotopic (exact) mass is 984 g/mol. The van der Waals surface area contributed by atoms with Gasteiger partial charge in [-0.25, -0.2) is 4.99 Å². The van der Waals surface area contributed by atoms with Gasteiger partial charge in [0.05, 0.1) is 17.1 Å². The number of aromatic amines is 2. The van der Waals surface area contributed by atoms with Crippen molar-refractivity contribution in [2.45, 2.75) is 37.6 Å². The zero-order valence-corrected chi connectivity index (χ0v) is 40.4. The minimum atomic E-state index is -1.61. The Bertz CT molecular complexity index is 3100. The number of aliphatic imine (C=N–C) groups is 2. The van der Waals surface area contributed by atoms with Crippen LogP contribution in [0.4, 0.5) is 0 Å². The Hall–Kier alpha value is -7.56. The second-order valence-corrected chi connectivity index (χ2v) is 18.3. The molecule has 7 aliphatic rings. The number of fused-ring (bicyclic) bond motifs is 6. The largest absolute Gasteiger partial charge is 0.444 e. The van der Waals surface area contributed by atoms with E-state index < -0.39 is 15.8 Å². The van der Waals surface area contributed by atoms with Crippen LogP contribution in [0.15, 0.2) is 160 Å². The van der Waals surface area contributed by atoms with E-state index in [0.29, 0.717) is 60.3 Å². The Balaban J connectivity index is 1.26. The molecule has 0 radical (unpaired) electrons. The van der Waals surface area contributed by atoms with Gasteiger partial charge in [-0.3, -0.25) is 24.2 Å². The maximum absolute atomic E-state index is 11.7. The molecule has 360 valence electrons. The summed E-state index contributed by atoms with van der Waals surface area (Å²) in [6.07, 6.45) is 31.0. The third kappa shape index (κ3) is 9.82. The van der Waals surface area contributed by atoms with Crippen LogP contribution in [0, 0.1) is 0 Å². The maximum Gasteiger partial charge on any atom is 0.304 e. The highest BCUT2D eigenvalue weighted by Gasteiger charge is 2.54. The van der Waals surface area contributed by atoms with Crippen LogP contribution in [0.5, 0.6) is 0 Å². The first-order valence-electron chi connectivity index (χ1n) is 22.5. The van der Waals surface area contributed by atoms with Crippen molar-refractivity contribution >= 4 is 75.2 Å². The molecule has 2 unspecified atom stereocenters. The van der Waals surface area contributed by atoms with Crippen molar-refractivity contribution in [3.8, 4) is 0 Å². The van der Waals surface area contributed by atoms with Crippen molar-refractivity contribution in [3.05, 3.63) is 172 Å². The number of allylic oxidation sites excluding steroid dienone is 11. The van der Waals surface area contributed by atoms with Crippen LogP contribution in [0.25, 0.3) is 16.7 Å². The molecule has 2 atom stereocenters. The van der Waals surface area contributed by atoms with E-state index in [2.05, 4.69) is 22.1 Å².